The molecule has 1 amide bonds. The summed E-state index contributed by atoms with van der Waals surface area (Å²) in [4.78, 5) is 15.0. The molecular formula is C22H28N2O3. The van der Waals surface area contributed by atoms with E-state index in [0.717, 1.165) is 18.6 Å². The number of fused-ring (bicyclic) bond motifs is 2. The number of carbonyl (C=O) groups is 1. The van der Waals surface area contributed by atoms with Gasteiger partial charge in [-0.1, -0.05) is 6.07 Å². The molecule has 2 saturated heterocycles. The summed E-state index contributed by atoms with van der Waals surface area (Å²) in [6.45, 7) is 4.45. The van der Waals surface area contributed by atoms with Gasteiger partial charge in [-0.15, -0.1) is 0 Å². The minimum absolute atomic E-state index is 0.124. The third-order valence-electron chi connectivity index (χ3n) is 6.18. The average Bonchev–Trinajstić information content (AvgIpc) is 3.18. The number of rotatable bonds is 5. The van der Waals surface area contributed by atoms with Gasteiger partial charge in [-0.2, -0.15) is 0 Å². The summed E-state index contributed by atoms with van der Waals surface area (Å²) in [6.07, 6.45) is 4.55. The summed E-state index contributed by atoms with van der Waals surface area (Å²) < 4.78 is 11.5. The van der Waals surface area contributed by atoms with E-state index in [1.165, 1.54) is 24.0 Å². The highest BCUT2D eigenvalue weighted by atomic mass is 16.5. The molecular weight excluding hydrogens is 340 g/mol. The van der Waals surface area contributed by atoms with E-state index >= 15 is 0 Å². The molecule has 27 heavy (non-hydrogen) atoms. The maximum atomic E-state index is 12.5. The first-order valence-corrected chi connectivity index (χ1v) is 9.81. The van der Waals surface area contributed by atoms with Gasteiger partial charge >= 0.3 is 0 Å². The summed E-state index contributed by atoms with van der Waals surface area (Å²) in [6, 6.07) is 11.0. The van der Waals surface area contributed by atoms with Crippen LogP contribution in [0.3, 0.4) is 0 Å². The van der Waals surface area contributed by atoms with Gasteiger partial charge in [-0.3, -0.25) is 4.79 Å². The van der Waals surface area contributed by atoms with Gasteiger partial charge in [0.1, 0.15) is 18.1 Å². The molecule has 2 unspecified atom stereocenters. The number of nitrogens with zero attached hydrogens (tertiary/aromatic N) is 1. The molecule has 0 spiro atoms. The van der Waals surface area contributed by atoms with Crippen molar-refractivity contribution in [2.45, 2.75) is 64.3 Å². The molecule has 0 aliphatic carbocycles. The third-order valence-corrected chi connectivity index (χ3v) is 6.18. The Morgan fingerprint density at radius 3 is 2.59 bits per heavy atom. The molecule has 0 saturated carbocycles. The van der Waals surface area contributed by atoms with Crippen molar-refractivity contribution >= 4 is 5.91 Å². The zero-order valence-corrected chi connectivity index (χ0v) is 16.3. The van der Waals surface area contributed by atoms with Crippen molar-refractivity contribution in [3.8, 4) is 5.75 Å². The second kappa shape index (κ2) is 7.39. The van der Waals surface area contributed by atoms with Gasteiger partial charge < -0.3 is 19.4 Å². The van der Waals surface area contributed by atoms with Gasteiger partial charge in [0, 0.05) is 18.1 Å². The zero-order valence-electron chi connectivity index (χ0n) is 16.3. The third kappa shape index (κ3) is 3.88. The molecule has 2 fully saturated rings. The first kappa shape index (κ1) is 18.1. The normalized spacial score (nSPS) is 24.8. The highest BCUT2D eigenvalue weighted by Crippen LogP contribution is 2.34. The molecule has 4 rings (SSSR count). The Balaban J connectivity index is 1.32. The molecule has 5 heteroatoms. The second-order valence-corrected chi connectivity index (χ2v) is 7.99. The highest BCUT2D eigenvalue weighted by molar-refractivity contribution is 5.91. The maximum Gasteiger partial charge on any atom is 0.287 e. The van der Waals surface area contributed by atoms with E-state index in [-0.39, 0.29) is 11.9 Å². The molecule has 0 radical (unpaired) electrons. The Bertz CT molecular complexity index is 815. The number of ether oxygens (including phenoxy) is 1. The molecule has 1 aromatic carbocycles. The van der Waals surface area contributed by atoms with Crippen LogP contribution in [0.4, 0.5) is 0 Å². The fourth-order valence-corrected chi connectivity index (χ4v) is 4.32. The Morgan fingerprint density at radius 1 is 1.15 bits per heavy atom. The van der Waals surface area contributed by atoms with Gasteiger partial charge in [-0.25, -0.2) is 0 Å². The first-order chi connectivity index (χ1) is 13.0. The highest BCUT2D eigenvalue weighted by Gasteiger charge is 2.39. The lowest BCUT2D eigenvalue weighted by molar-refractivity contribution is 0.0851. The van der Waals surface area contributed by atoms with Crippen molar-refractivity contribution in [3.05, 3.63) is 53.0 Å². The minimum Gasteiger partial charge on any atom is -0.486 e. The molecule has 2 bridgehead atoms. The molecule has 5 nitrogen and oxygen atoms in total. The van der Waals surface area contributed by atoms with Gasteiger partial charge in [0.2, 0.25) is 0 Å². The van der Waals surface area contributed by atoms with Gasteiger partial charge in [0.05, 0.1) is 0 Å². The monoisotopic (exact) mass is 368 g/mol. The van der Waals surface area contributed by atoms with Gasteiger partial charge in [0.25, 0.3) is 5.91 Å². The SMILES string of the molecule is Cc1ccc(OCc2ccc(C(=O)NC3CC4CCC(C3)N4C)o2)cc1C. The first-order valence-electron chi connectivity index (χ1n) is 9.81. The lowest BCUT2D eigenvalue weighted by Crippen LogP contribution is -2.48. The van der Waals surface area contributed by atoms with E-state index in [1.54, 1.807) is 6.07 Å². The van der Waals surface area contributed by atoms with E-state index in [4.69, 9.17) is 9.15 Å². The van der Waals surface area contributed by atoms with Crippen LogP contribution in [0.5, 0.6) is 5.75 Å². The van der Waals surface area contributed by atoms with Crippen molar-refractivity contribution in [3.63, 3.8) is 0 Å². The predicted octanol–water partition coefficient (Wildman–Crippen LogP) is 3.83. The predicted molar refractivity (Wildman–Crippen MR) is 104 cm³/mol. The Kier molecular flexibility index (Phi) is 4.96. The van der Waals surface area contributed by atoms with Crippen molar-refractivity contribution < 1.29 is 13.9 Å². The van der Waals surface area contributed by atoms with Crippen LogP contribution in [0.1, 0.15) is 53.1 Å². The number of piperidine rings is 1. The number of carbonyl (C=O) groups excluding carboxylic acids is 1. The van der Waals surface area contributed by atoms with Crippen molar-refractivity contribution in [2.75, 3.05) is 7.05 Å². The molecule has 3 heterocycles. The number of nitrogens with one attached hydrogen (secondary N) is 1. The molecule has 1 aromatic heterocycles. The zero-order chi connectivity index (χ0) is 19.0. The van der Waals surface area contributed by atoms with E-state index in [9.17, 15) is 4.79 Å². The maximum absolute atomic E-state index is 12.5. The van der Waals surface area contributed by atoms with Gasteiger partial charge in [-0.05, 0) is 82.0 Å². The van der Waals surface area contributed by atoms with E-state index in [0.29, 0.717) is 30.2 Å². The molecule has 144 valence electrons. The average molecular weight is 368 g/mol. The fourth-order valence-electron chi connectivity index (χ4n) is 4.32. The van der Waals surface area contributed by atoms with Crippen LogP contribution in [0.15, 0.2) is 34.7 Å². The van der Waals surface area contributed by atoms with Gasteiger partial charge in [0.15, 0.2) is 5.76 Å². The van der Waals surface area contributed by atoms with Crippen LogP contribution in [0.25, 0.3) is 0 Å². The number of furan rings is 1. The lowest BCUT2D eigenvalue weighted by atomic mass is 9.98. The summed E-state index contributed by atoms with van der Waals surface area (Å²) >= 11 is 0. The lowest BCUT2D eigenvalue weighted by Gasteiger charge is -2.36. The van der Waals surface area contributed by atoms with Crippen molar-refractivity contribution in [2.24, 2.45) is 0 Å². The Hall–Kier alpha value is -2.27. The molecule has 2 aliphatic heterocycles. The molecule has 2 aromatic rings. The van der Waals surface area contributed by atoms with E-state index in [1.807, 2.05) is 24.3 Å². The van der Waals surface area contributed by atoms with Crippen molar-refractivity contribution in [1.29, 1.82) is 0 Å². The largest absolute Gasteiger partial charge is 0.486 e. The summed E-state index contributed by atoms with van der Waals surface area (Å²) in [5, 5.41) is 3.16. The van der Waals surface area contributed by atoms with Crippen LogP contribution in [0.2, 0.25) is 0 Å². The summed E-state index contributed by atoms with van der Waals surface area (Å²) in [5.74, 6) is 1.70. The van der Waals surface area contributed by atoms with Crippen molar-refractivity contribution in [1.82, 2.24) is 10.2 Å². The summed E-state index contributed by atoms with van der Waals surface area (Å²) in [7, 11) is 2.20. The Morgan fingerprint density at radius 2 is 1.89 bits per heavy atom. The minimum atomic E-state index is -0.124. The summed E-state index contributed by atoms with van der Waals surface area (Å²) in [5.41, 5.74) is 2.43. The topological polar surface area (TPSA) is 54.7 Å². The van der Waals surface area contributed by atoms with Crippen LogP contribution in [0, 0.1) is 13.8 Å². The number of hydrogen-bond acceptors (Lipinski definition) is 4. The number of benzene rings is 1. The van der Waals surface area contributed by atoms with Crippen LogP contribution >= 0.6 is 0 Å². The Labute approximate surface area is 160 Å². The number of hydrogen-bond donors (Lipinski definition) is 1. The van der Waals surface area contributed by atoms with Crippen LogP contribution in [-0.2, 0) is 6.61 Å². The quantitative estimate of drug-likeness (QED) is 0.871. The second-order valence-electron chi connectivity index (χ2n) is 7.99. The van der Waals surface area contributed by atoms with E-state index < -0.39 is 0 Å². The molecule has 2 atom stereocenters. The van der Waals surface area contributed by atoms with Crippen LogP contribution in [-0.4, -0.2) is 36.0 Å². The number of amides is 1. The standard InChI is InChI=1S/C22H28N2O3/c1-14-4-7-19(10-15(14)2)26-13-20-8-9-21(27-20)22(25)23-16-11-17-5-6-18(12-16)24(17)3/h4,7-10,16-18H,5-6,11-13H2,1-3H3,(H,23,25). The smallest absolute Gasteiger partial charge is 0.287 e. The molecule has 2 aliphatic rings. The van der Waals surface area contributed by atoms with E-state index in [2.05, 4.69) is 31.1 Å². The van der Waals surface area contributed by atoms with Crippen LogP contribution < -0.4 is 10.1 Å². The fraction of sp³-hybridized carbons (Fsp3) is 0.500. The molecule has 1 N–H and O–H groups in total. The number of aryl methyl sites for hydroxylation is 2.